The van der Waals surface area contributed by atoms with Crippen molar-refractivity contribution in [2.75, 3.05) is 12.3 Å². The lowest BCUT2D eigenvalue weighted by atomic mass is 10.2. The smallest absolute Gasteiger partial charge is 0.330 e. The summed E-state index contributed by atoms with van der Waals surface area (Å²) in [6, 6.07) is 3.61. The molecule has 1 aromatic carbocycles. The third-order valence-electron chi connectivity index (χ3n) is 2.91. The van der Waals surface area contributed by atoms with Gasteiger partial charge in [-0.1, -0.05) is 12.8 Å². The molecule has 1 aromatic rings. The maximum atomic E-state index is 12.4. The van der Waals surface area contributed by atoms with Crippen LogP contribution in [0.2, 0.25) is 0 Å². The van der Waals surface area contributed by atoms with E-state index in [1.54, 1.807) is 0 Å². The summed E-state index contributed by atoms with van der Waals surface area (Å²) in [7, 11) is -3.51. The van der Waals surface area contributed by atoms with Gasteiger partial charge in [0.2, 0.25) is 0 Å². The Balaban J connectivity index is 2.64. The van der Waals surface area contributed by atoms with Crippen LogP contribution in [0.4, 0.5) is 13.2 Å². The van der Waals surface area contributed by atoms with E-state index in [1.165, 1.54) is 0 Å². The Bertz CT molecular complexity index is 509. The van der Waals surface area contributed by atoms with Crippen molar-refractivity contribution in [3.8, 4) is 0 Å². The number of nitrogens with two attached hydrogens (primary N) is 1. The fourth-order valence-corrected chi connectivity index (χ4v) is 3.13. The minimum atomic E-state index is -4.45. The summed E-state index contributed by atoms with van der Waals surface area (Å²) in [4.78, 5) is -0.0654. The van der Waals surface area contributed by atoms with E-state index in [9.17, 15) is 21.6 Å². The molecule has 114 valence electrons. The molecule has 0 aromatic heterocycles. The molecule has 0 spiro atoms. The summed E-state index contributed by atoms with van der Waals surface area (Å²) in [6.07, 6.45) is -1.51. The third kappa shape index (κ3) is 5.13. The average Bonchev–Trinajstić information content (AvgIpc) is 2.37. The van der Waals surface area contributed by atoms with Crippen molar-refractivity contribution in [1.29, 1.82) is 0 Å². The predicted octanol–water partition coefficient (Wildman–Crippen LogP) is 3.00. The highest BCUT2D eigenvalue weighted by atomic mass is 32.2. The van der Waals surface area contributed by atoms with Crippen molar-refractivity contribution < 1.29 is 21.6 Å². The zero-order valence-corrected chi connectivity index (χ0v) is 11.8. The Morgan fingerprint density at radius 3 is 2.00 bits per heavy atom. The predicted molar refractivity (Wildman–Crippen MR) is 71.0 cm³/mol. The summed E-state index contributed by atoms with van der Waals surface area (Å²) in [5, 5.41) is 0. The van der Waals surface area contributed by atoms with Crippen LogP contribution in [-0.2, 0) is 16.0 Å². The summed E-state index contributed by atoms with van der Waals surface area (Å²) in [6.45, 7) is 0.575. The van der Waals surface area contributed by atoms with Crippen LogP contribution in [0.5, 0.6) is 0 Å². The molecule has 1 rings (SSSR count). The molecule has 0 saturated carbocycles. The Labute approximate surface area is 116 Å². The van der Waals surface area contributed by atoms with Crippen LogP contribution in [0, 0.1) is 0 Å². The highest BCUT2D eigenvalue weighted by Crippen LogP contribution is 2.29. The van der Waals surface area contributed by atoms with Gasteiger partial charge in [-0.25, -0.2) is 8.42 Å². The Kier molecular flexibility index (Phi) is 6.01. The minimum absolute atomic E-state index is 0.0526. The fraction of sp³-hybridized carbons (Fsp3) is 0.538. The van der Waals surface area contributed by atoms with E-state index in [0.29, 0.717) is 13.0 Å². The summed E-state index contributed by atoms with van der Waals surface area (Å²) >= 11 is 0. The topological polar surface area (TPSA) is 60.2 Å². The number of alkyl halides is 3. The minimum Gasteiger partial charge on any atom is -0.330 e. The molecule has 0 aliphatic carbocycles. The normalized spacial score (nSPS) is 12.6. The van der Waals surface area contributed by atoms with Crippen molar-refractivity contribution in [3.63, 3.8) is 0 Å². The van der Waals surface area contributed by atoms with Gasteiger partial charge in [0, 0.05) is 0 Å². The SMILES string of the molecule is NCCCCCCS(=O)(=O)c1ccc(C(F)(F)F)cc1. The van der Waals surface area contributed by atoms with Gasteiger partial charge in [-0.3, -0.25) is 0 Å². The van der Waals surface area contributed by atoms with Crippen LogP contribution in [0.25, 0.3) is 0 Å². The van der Waals surface area contributed by atoms with Crippen LogP contribution < -0.4 is 5.73 Å². The molecule has 0 fully saturated rings. The van der Waals surface area contributed by atoms with E-state index >= 15 is 0 Å². The molecule has 20 heavy (non-hydrogen) atoms. The molecule has 0 atom stereocenters. The van der Waals surface area contributed by atoms with Gasteiger partial charge in [-0.2, -0.15) is 13.2 Å². The van der Waals surface area contributed by atoms with E-state index in [2.05, 4.69) is 0 Å². The van der Waals surface area contributed by atoms with Gasteiger partial charge in [-0.15, -0.1) is 0 Å². The fourth-order valence-electron chi connectivity index (χ4n) is 1.76. The van der Waals surface area contributed by atoms with Gasteiger partial charge in [0.05, 0.1) is 16.2 Å². The first-order valence-corrected chi connectivity index (χ1v) is 8.02. The van der Waals surface area contributed by atoms with E-state index in [0.717, 1.165) is 43.5 Å². The molecule has 0 aliphatic rings. The molecule has 7 heteroatoms. The van der Waals surface area contributed by atoms with E-state index < -0.39 is 21.6 Å². The van der Waals surface area contributed by atoms with Gasteiger partial charge < -0.3 is 5.73 Å². The number of benzene rings is 1. The van der Waals surface area contributed by atoms with E-state index in [-0.39, 0.29) is 10.6 Å². The quantitative estimate of drug-likeness (QED) is 0.788. The first-order valence-electron chi connectivity index (χ1n) is 6.37. The van der Waals surface area contributed by atoms with Gasteiger partial charge in [-0.05, 0) is 43.7 Å². The number of unbranched alkanes of at least 4 members (excludes halogenated alkanes) is 3. The standard InChI is InChI=1S/C13H18F3NO2S/c14-13(15,16)11-5-7-12(8-6-11)20(18,19)10-4-2-1-3-9-17/h5-8H,1-4,9-10,17H2. The third-order valence-corrected chi connectivity index (χ3v) is 4.72. The molecule has 0 radical (unpaired) electrons. The van der Waals surface area contributed by atoms with Crippen LogP contribution >= 0.6 is 0 Å². The highest BCUT2D eigenvalue weighted by Gasteiger charge is 2.30. The summed E-state index contributed by atoms with van der Waals surface area (Å²) < 4.78 is 61.0. The van der Waals surface area contributed by atoms with Crippen LogP contribution in [0.15, 0.2) is 29.2 Å². The maximum absolute atomic E-state index is 12.4. The Hall–Kier alpha value is -1.08. The summed E-state index contributed by atoms with van der Waals surface area (Å²) in [5.74, 6) is -0.0526. The first-order chi connectivity index (χ1) is 9.27. The zero-order valence-electron chi connectivity index (χ0n) is 11.0. The van der Waals surface area contributed by atoms with Crippen molar-refractivity contribution in [2.45, 2.75) is 36.8 Å². The lowest BCUT2D eigenvalue weighted by Crippen LogP contribution is -2.09. The Morgan fingerprint density at radius 1 is 0.950 bits per heavy atom. The zero-order chi connectivity index (χ0) is 15.2. The molecular formula is C13H18F3NO2S. The number of halogens is 3. The van der Waals surface area contributed by atoms with Gasteiger partial charge in [0.25, 0.3) is 0 Å². The Morgan fingerprint density at radius 2 is 1.50 bits per heavy atom. The van der Waals surface area contributed by atoms with Gasteiger partial charge >= 0.3 is 6.18 Å². The largest absolute Gasteiger partial charge is 0.416 e. The molecule has 0 bridgehead atoms. The maximum Gasteiger partial charge on any atom is 0.416 e. The van der Waals surface area contributed by atoms with Crippen molar-refractivity contribution in [3.05, 3.63) is 29.8 Å². The van der Waals surface area contributed by atoms with Crippen LogP contribution in [0.1, 0.15) is 31.2 Å². The van der Waals surface area contributed by atoms with Crippen LogP contribution in [-0.4, -0.2) is 20.7 Å². The lowest BCUT2D eigenvalue weighted by Gasteiger charge is -2.08. The molecular weight excluding hydrogens is 291 g/mol. The second-order valence-corrected chi connectivity index (χ2v) is 6.65. The van der Waals surface area contributed by atoms with Crippen LogP contribution in [0.3, 0.4) is 0 Å². The molecule has 2 N–H and O–H groups in total. The second-order valence-electron chi connectivity index (χ2n) is 4.54. The monoisotopic (exact) mass is 309 g/mol. The lowest BCUT2D eigenvalue weighted by molar-refractivity contribution is -0.137. The van der Waals surface area contributed by atoms with Crippen molar-refractivity contribution in [2.24, 2.45) is 5.73 Å². The van der Waals surface area contributed by atoms with Gasteiger partial charge in [0.1, 0.15) is 0 Å². The molecule has 0 unspecified atom stereocenters. The number of hydrogen-bond acceptors (Lipinski definition) is 3. The number of hydrogen-bond donors (Lipinski definition) is 1. The molecule has 0 heterocycles. The summed E-state index contributed by atoms with van der Waals surface area (Å²) in [5.41, 5.74) is 4.48. The molecule has 0 amide bonds. The highest BCUT2D eigenvalue weighted by molar-refractivity contribution is 7.91. The van der Waals surface area contributed by atoms with Crippen molar-refractivity contribution in [1.82, 2.24) is 0 Å². The number of rotatable bonds is 7. The van der Waals surface area contributed by atoms with E-state index in [4.69, 9.17) is 5.73 Å². The number of sulfone groups is 1. The molecule has 0 aliphatic heterocycles. The van der Waals surface area contributed by atoms with E-state index in [1.807, 2.05) is 0 Å². The first kappa shape index (κ1) is 17.0. The molecule has 3 nitrogen and oxygen atoms in total. The van der Waals surface area contributed by atoms with Crippen molar-refractivity contribution >= 4 is 9.84 Å². The second kappa shape index (κ2) is 7.08. The average molecular weight is 309 g/mol. The molecule has 0 saturated heterocycles. The van der Waals surface area contributed by atoms with Gasteiger partial charge in [0.15, 0.2) is 9.84 Å².